The highest BCUT2D eigenvalue weighted by atomic mass is 32.2. The molecule has 6 nitrogen and oxygen atoms in total. The van der Waals surface area contributed by atoms with Crippen molar-refractivity contribution < 1.29 is 17.9 Å². The van der Waals surface area contributed by atoms with Gasteiger partial charge in [-0.1, -0.05) is 6.07 Å². The fourth-order valence-corrected chi connectivity index (χ4v) is 3.71. The minimum atomic E-state index is -3.03. The Labute approximate surface area is 124 Å². The Bertz CT molecular complexity index is 601. The molecule has 1 unspecified atom stereocenters. The van der Waals surface area contributed by atoms with Crippen LogP contribution in [-0.2, 0) is 14.6 Å². The highest BCUT2D eigenvalue weighted by Gasteiger charge is 2.25. The van der Waals surface area contributed by atoms with E-state index in [0.717, 1.165) is 0 Å². The van der Waals surface area contributed by atoms with Gasteiger partial charge in [0.1, 0.15) is 5.75 Å². The topological polar surface area (TPSA) is 84.5 Å². The van der Waals surface area contributed by atoms with Gasteiger partial charge in [-0.15, -0.1) is 0 Å². The molecule has 0 aromatic heterocycles. The van der Waals surface area contributed by atoms with E-state index >= 15 is 0 Å². The van der Waals surface area contributed by atoms with Gasteiger partial charge in [-0.25, -0.2) is 8.42 Å². The maximum absolute atomic E-state index is 12.0. The molecule has 1 aliphatic heterocycles. The Hall–Kier alpha value is -1.60. The maximum atomic E-state index is 12.0. The van der Waals surface area contributed by atoms with Crippen molar-refractivity contribution in [3.05, 3.63) is 24.3 Å². The predicted molar refractivity (Wildman–Crippen MR) is 81.3 cm³/mol. The molecule has 1 aromatic rings. The Morgan fingerprint density at radius 1 is 1.48 bits per heavy atom. The number of hydrogen-bond donors (Lipinski definition) is 2. The zero-order valence-electron chi connectivity index (χ0n) is 12.0. The van der Waals surface area contributed by atoms with Crippen LogP contribution < -0.4 is 15.4 Å². The van der Waals surface area contributed by atoms with Crippen molar-refractivity contribution in [2.75, 3.05) is 30.0 Å². The van der Waals surface area contributed by atoms with Crippen molar-refractivity contribution in [1.29, 1.82) is 0 Å². The molecule has 1 amide bonds. The van der Waals surface area contributed by atoms with Crippen LogP contribution >= 0.6 is 0 Å². The molecule has 1 heterocycles. The van der Waals surface area contributed by atoms with Crippen molar-refractivity contribution in [3.63, 3.8) is 0 Å². The van der Waals surface area contributed by atoms with Gasteiger partial charge in [-0.3, -0.25) is 4.79 Å². The van der Waals surface area contributed by atoms with E-state index in [1.807, 2.05) is 13.0 Å². The van der Waals surface area contributed by atoms with Crippen LogP contribution in [0.4, 0.5) is 5.69 Å². The van der Waals surface area contributed by atoms with E-state index in [9.17, 15) is 13.2 Å². The lowest BCUT2D eigenvalue weighted by Gasteiger charge is -2.23. The molecule has 0 aliphatic carbocycles. The fraction of sp³-hybridized carbons (Fsp3) is 0.500. The molecule has 1 fully saturated rings. The van der Waals surface area contributed by atoms with Gasteiger partial charge in [0.15, 0.2) is 9.84 Å². The lowest BCUT2D eigenvalue weighted by molar-refractivity contribution is -0.116. The Morgan fingerprint density at radius 2 is 2.29 bits per heavy atom. The zero-order valence-corrected chi connectivity index (χ0v) is 12.8. The minimum absolute atomic E-state index is 0.0133. The van der Waals surface area contributed by atoms with Crippen LogP contribution in [-0.4, -0.2) is 45.0 Å². The molecule has 1 saturated heterocycles. The number of ether oxygens (including phenoxy) is 1. The second-order valence-electron chi connectivity index (χ2n) is 4.98. The molecule has 0 saturated carbocycles. The number of nitrogens with one attached hydrogen (secondary N) is 2. The first-order valence-corrected chi connectivity index (χ1v) is 8.77. The van der Waals surface area contributed by atoms with Gasteiger partial charge in [0.2, 0.25) is 5.91 Å². The van der Waals surface area contributed by atoms with Crippen LogP contribution in [0.1, 0.15) is 13.3 Å². The highest BCUT2D eigenvalue weighted by molar-refractivity contribution is 7.91. The largest absolute Gasteiger partial charge is 0.494 e. The van der Waals surface area contributed by atoms with E-state index in [1.165, 1.54) is 0 Å². The lowest BCUT2D eigenvalue weighted by Crippen LogP contribution is -2.46. The Kier molecular flexibility index (Phi) is 5.19. The van der Waals surface area contributed by atoms with Crippen LogP contribution in [0.2, 0.25) is 0 Å². The summed E-state index contributed by atoms with van der Waals surface area (Å²) in [4.78, 5) is 12.0. The third kappa shape index (κ3) is 5.02. The monoisotopic (exact) mass is 312 g/mol. The molecule has 116 valence electrons. The Balaban J connectivity index is 1.91. The smallest absolute Gasteiger partial charge is 0.225 e. The molecular weight excluding hydrogens is 292 g/mol. The molecule has 0 radical (unpaired) electrons. The SMILES string of the molecule is CCOc1cccc(NC(=O)CC2CS(=O)(=O)CCN2)c1. The maximum Gasteiger partial charge on any atom is 0.225 e. The average Bonchev–Trinajstić information content (AvgIpc) is 2.38. The summed E-state index contributed by atoms with van der Waals surface area (Å²) in [7, 11) is -3.03. The van der Waals surface area contributed by atoms with Gasteiger partial charge in [0.25, 0.3) is 0 Å². The third-order valence-electron chi connectivity index (χ3n) is 3.16. The fourth-order valence-electron chi connectivity index (χ4n) is 2.26. The molecule has 0 bridgehead atoms. The predicted octanol–water partition coefficient (Wildman–Crippen LogP) is 0.800. The van der Waals surface area contributed by atoms with E-state index in [-0.39, 0.29) is 29.9 Å². The van der Waals surface area contributed by atoms with Crippen molar-refractivity contribution >= 4 is 21.4 Å². The summed E-state index contributed by atoms with van der Waals surface area (Å²) in [6, 6.07) is 6.80. The molecule has 21 heavy (non-hydrogen) atoms. The molecule has 2 N–H and O–H groups in total. The van der Waals surface area contributed by atoms with Gasteiger partial charge in [-0.05, 0) is 19.1 Å². The van der Waals surface area contributed by atoms with Gasteiger partial charge in [0, 0.05) is 30.8 Å². The molecule has 1 aliphatic rings. The van der Waals surface area contributed by atoms with Crippen LogP contribution in [0, 0.1) is 0 Å². The zero-order chi connectivity index (χ0) is 15.3. The van der Waals surface area contributed by atoms with Crippen LogP contribution in [0.5, 0.6) is 5.75 Å². The Morgan fingerprint density at radius 3 is 3.00 bits per heavy atom. The number of sulfone groups is 1. The third-order valence-corrected chi connectivity index (χ3v) is 4.90. The number of rotatable bonds is 5. The van der Waals surface area contributed by atoms with Gasteiger partial charge in [-0.2, -0.15) is 0 Å². The van der Waals surface area contributed by atoms with E-state index in [0.29, 0.717) is 24.6 Å². The van der Waals surface area contributed by atoms with Gasteiger partial charge < -0.3 is 15.4 Å². The van der Waals surface area contributed by atoms with Crippen LogP contribution in [0.3, 0.4) is 0 Å². The first kappa shape index (κ1) is 15.8. The molecular formula is C14H20N2O4S. The van der Waals surface area contributed by atoms with E-state index in [4.69, 9.17) is 4.74 Å². The summed E-state index contributed by atoms with van der Waals surface area (Å²) in [5.41, 5.74) is 0.643. The standard InChI is InChI=1S/C14H20N2O4S/c1-2-20-13-5-3-4-11(8-13)16-14(17)9-12-10-21(18,19)7-6-15-12/h3-5,8,12,15H,2,6-7,9-10H2,1H3,(H,16,17). The molecule has 0 spiro atoms. The number of hydrogen-bond acceptors (Lipinski definition) is 5. The molecule has 1 atom stereocenters. The highest BCUT2D eigenvalue weighted by Crippen LogP contribution is 2.17. The van der Waals surface area contributed by atoms with E-state index in [2.05, 4.69) is 10.6 Å². The number of carbonyl (C=O) groups is 1. The van der Waals surface area contributed by atoms with Gasteiger partial charge >= 0.3 is 0 Å². The summed E-state index contributed by atoms with van der Waals surface area (Å²) in [6.45, 7) is 2.85. The minimum Gasteiger partial charge on any atom is -0.494 e. The average molecular weight is 312 g/mol. The second-order valence-corrected chi connectivity index (χ2v) is 7.21. The van der Waals surface area contributed by atoms with Crippen LogP contribution in [0.25, 0.3) is 0 Å². The van der Waals surface area contributed by atoms with Gasteiger partial charge in [0.05, 0.1) is 18.1 Å². The molecule has 2 rings (SSSR count). The second kappa shape index (κ2) is 6.91. The number of benzene rings is 1. The number of carbonyl (C=O) groups excluding carboxylic acids is 1. The summed E-state index contributed by atoms with van der Waals surface area (Å²) in [5.74, 6) is 0.632. The van der Waals surface area contributed by atoms with E-state index in [1.54, 1.807) is 18.2 Å². The van der Waals surface area contributed by atoms with Crippen molar-refractivity contribution in [3.8, 4) is 5.75 Å². The summed E-state index contributed by atoms with van der Waals surface area (Å²) in [5, 5.41) is 5.82. The number of amides is 1. The normalized spacial score (nSPS) is 20.7. The lowest BCUT2D eigenvalue weighted by atomic mass is 10.2. The summed E-state index contributed by atoms with van der Waals surface area (Å²) in [6.07, 6.45) is 0.137. The van der Waals surface area contributed by atoms with Crippen LogP contribution in [0.15, 0.2) is 24.3 Å². The molecule has 1 aromatic carbocycles. The quantitative estimate of drug-likeness (QED) is 0.840. The summed E-state index contributed by atoms with van der Waals surface area (Å²) < 4.78 is 28.4. The number of anilines is 1. The van der Waals surface area contributed by atoms with Crippen molar-refractivity contribution in [2.24, 2.45) is 0 Å². The first-order chi connectivity index (χ1) is 9.98. The first-order valence-electron chi connectivity index (χ1n) is 6.95. The van der Waals surface area contributed by atoms with Crippen molar-refractivity contribution in [2.45, 2.75) is 19.4 Å². The molecule has 7 heteroatoms. The van der Waals surface area contributed by atoms with E-state index < -0.39 is 9.84 Å². The van der Waals surface area contributed by atoms with Crippen molar-refractivity contribution in [1.82, 2.24) is 5.32 Å². The summed E-state index contributed by atoms with van der Waals surface area (Å²) >= 11 is 0.